The Morgan fingerprint density at radius 2 is 2.06 bits per heavy atom. The molecule has 2 N–H and O–H groups in total. The number of aliphatic carboxylic acids is 1. The van der Waals surface area contributed by atoms with Gasteiger partial charge < -0.3 is 10.4 Å². The third-order valence-electron chi connectivity index (χ3n) is 2.12. The maximum absolute atomic E-state index is 11.5. The predicted molar refractivity (Wildman–Crippen MR) is 60.6 cm³/mol. The summed E-state index contributed by atoms with van der Waals surface area (Å²) in [4.78, 5) is 29.7. The van der Waals surface area contributed by atoms with Crippen molar-refractivity contribution in [3.05, 3.63) is 23.8 Å². The van der Waals surface area contributed by atoms with Crippen molar-refractivity contribution in [1.29, 1.82) is 0 Å². The number of amides is 1. The number of hydrogen-bond donors (Lipinski definition) is 2. The van der Waals surface area contributed by atoms with Gasteiger partial charge in [0, 0.05) is 19.2 Å². The molecule has 0 bridgehead atoms. The second-order valence-corrected chi connectivity index (χ2v) is 3.65. The Labute approximate surface area is 99.1 Å². The number of unbranched alkanes of at least 4 members (excludes halogenated alkanes) is 1. The molecule has 1 heterocycles. The molecule has 0 unspecified atom stereocenters. The molecule has 1 aromatic rings. The number of carboxylic acid groups (broad SMARTS) is 1. The van der Waals surface area contributed by atoms with Crippen molar-refractivity contribution >= 4 is 11.9 Å². The first-order valence-corrected chi connectivity index (χ1v) is 5.38. The zero-order valence-corrected chi connectivity index (χ0v) is 9.64. The van der Waals surface area contributed by atoms with E-state index in [1.54, 1.807) is 6.92 Å². The van der Waals surface area contributed by atoms with E-state index in [1.807, 2.05) is 0 Å². The predicted octanol–water partition coefficient (Wildman–Crippen LogP) is 0.770. The smallest absolute Gasteiger partial charge is 0.303 e. The summed E-state index contributed by atoms with van der Waals surface area (Å²) in [5, 5.41) is 11.1. The van der Waals surface area contributed by atoms with Gasteiger partial charge in [0.1, 0.15) is 5.69 Å². The van der Waals surface area contributed by atoms with E-state index in [0.717, 1.165) is 5.69 Å². The van der Waals surface area contributed by atoms with Crippen LogP contribution in [0.3, 0.4) is 0 Å². The maximum atomic E-state index is 11.5. The van der Waals surface area contributed by atoms with Crippen molar-refractivity contribution in [2.24, 2.45) is 0 Å². The molecular weight excluding hydrogens is 222 g/mol. The number of hydrogen-bond acceptors (Lipinski definition) is 4. The number of nitrogens with one attached hydrogen (secondary N) is 1. The van der Waals surface area contributed by atoms with Gasteiger partial charge in [0.15, 0.2) is 0 Å². The first kappa shape index (κ1) is 13.1. The van der Waals surface area contributed by atoms with Crippen LogP contribution in [0, 0.1) is 6.92 Å². The minimum Gasteiger partial charge on any atom is -0.481 e. The van der Waals surface area contributed by atoms with Crippen LogP contribution >= 0.6 is 0 Å². The Balaban J connectivity index is 2.25. The average Bonchev–Trinajstić information content (AvgIpc) is 2.29. The molecule has 0 aliphatic rings. The summed E-state index contributed by atoms with van der Waals surface area (Å²) in [6.45, 7) is 2.24. The first-order valence-electron chi connectivity index (χ1n) is 5.38. The van der Waals surface area contributed by atoms with Crippen LogP contribution in [0.4, 0.5) is 0 Å². The van der Waals surface area contributed by atoms with Crippen LogP contribution in [0.1, 0.15) is 35.4 Å². The number of rotatable bonds is 6. The van der Waals surface area contributed by atoms with Crippen molar-refractivity contribution in [2.45, 2.75) is 26.2 Å². The first-order chi connectivity index (χ1) is 8.09. The van der Waals surface area contributed by atoms with Crippen molar-refractivity contribution in [1.82, 2.24) is 15.3 Å². The quantitative estimate of drug-likeness (QED) is 0.713. The van der Waals surface area contributed by atoms with E-state index in [2.05, 4.69) is 15.3 Å². The van der Waals surface area contributed by atoms with Crippen molar-refractivity contribution in [3.63, 3.8) is 0 Å². The highest BCUT2D eigenvalue weighted by atomic mass is 16.4. The van der Waals surface area contributed by atoms with Crippen LogP contribution in [0.15, 0.2) is 12.4 Å². The number of carbonyl (C=O) groups excluding carboxylic acids is 1. The molecule has 0 radical (unpaired) electrons. The summed E-state index contributed by atoms with van der Waals surface area (Å²) >= 11 is 0. The molecule has 0 fully saturated rings. The van der Waals surface area contributed by atoms with Crippen LogP contribution in [0.5, 0.6) is 0 Å². The molecule has 6 heteroatoms. The molecule has 17 heavy (non-hydrogen) atoms. The zero-order valence-electron chi connectivity index (χ0n) is 9.64. The molecule has 0 saturated carbocycles. The van der Waals surface area contributed by atoms with E-state index in [0.29, 0.717) is 19.4 Å². The minimum absolute atomic E-state index is 0.125. The molecule has 0 aliphatic carbocycles. The summed E-state index contributed by atoms with van der Waals surface area (Å²) in [5.74, 6) is -1.10. The second kappa shape index (κ2) is 6.57. The lowest BCUT2D eigenvalue weighted by Crippen LogP contribution is -2.25. The fourth-order valence-corrected chi connectivity index (χ4v) is 1.20. The van der Waals surface area contributed by atoms with Gasteiger partial charge >= 0.3 is 5.97 Å². The summed E-state index contributed by atoms with van der Waals surface area (Å²) in [6.07, 6.45) is 4.26. The van der Waals surface area contributed by atoms with E-state index in [4.69, 9.17) is 5.11 Å². The number of aryl methyl sites for hydroxylation is 1. The summed E-state index contributed by atoms with van der Waals surface area (Å²) in [5.41, 5.74) is 1.02. The Morgan fingerprint density at radius 1 is 1.29 bits per heavy atom. The number of aromatic nitrogens is 2. The van der Waals surface area contributed by atoms with Gasteiger partial charge in [-0.15, -0.1) is 0 Å². The Hall–Kier alpha value is -1.98. The van der Waals surface area contributed by atoms with Crippen LogP contribution in [-0.2, 0) is 4.79 Å². The van der Waals surface area contributed by atoms with Gasteiger partial charge in [-0.05, 0) is 19.8 Å². The highest BCUT2D eigenvalue weighted by Gasteiger charge is 2.06. The maximum Gasteiger partial charge on any atom is 0.303 e. The highest BCUT2D eigenvalue weighted by molar-refractivity contribution is 5.91. The lowest BCUT2D eigenvalue weighted by Gasteiger charge is -2.03. The Kier molecular flexibility index (Phi) is 5.06. The third-order valence-corrected chi connectivity index (χ3v) is 2.12. The molecule has 0 spiro atoms. The fraction of sp³-hybridized carbons (Fsp3) is 0.455. The van der Waals surface area contributed by atoms with E-state index in [-0.39, 0.29) is 18.0 Å². The number of carbonyl (C=O) groups is 2. The minimum atomic E-state index is -0.819. The summed E-state index contributed by atoms with van der Waals surface area (Å²) in [7, 11) is 0. The molecule has 6 nitrogen and oxygen atoms in total. The average molecular weight is 237 g/mol. The topological polar surface area (TPSA) is 92.2 Å². The molecule has 1 amide bonds. The van der Waals surface area contributed by atoms with E-state index < -0.39 is 5.97 Å². The van der Waals surface area contributed by atoms with Crippen LogP contribution in [-0.4, -0.2) is 33.5 Å². The van der Waals surface area contributed by atoms with Gasteiger partial charge in [0.25, 0.3) is 5.91 Å². The van der Waals surface area contributed by atoms with Gasteiger partial charge in [-0.25, -0.2) is 4.98 Å². The van der Waals surface area contributed by atoms with Crippen LogP contribution < -0.4 is 5.32 Å². The number of nitrogens with zero attached hydrogens (tertiary/aromatic N) is 2. The SMILES string of the molecule is Cc1cnc(C(=O)NCCCCC(=O)O)cn1. The standard InChI is InChI=1S/C11H15N3O3/c1-8-6-14-9(7-13-8)11(17)12-5-3-2-4-10(15)16/h6-7H,2-5H2,1H3,(H,12,17)(H,15,16). The zero-order chi connectivity index (χ0) is 12.7. The lowest BCUT2D eigenvalue weighted by atomic mass is 10.2. The van der Waals surface area contributed by atoms with Crippen molar-refractivity contribution in [3.8, 4) is 0 Å². The van der Waals surface area contributed by atoms with E-state index in [9.17, 15) is 9.59 Å². The largest absolute Gasteiger partial charge is 0.481 e. The van der Waals surface area contributed by atoms with Crippen LogP contribution in [0.25, 0.3) is 0 Å². The highest BCUT2D eigenvalue weighted by Crippen LogP contribution is 1.96. The summed E-state index contributed by atoms with van der Waals surface area (Å²) < 4.78 is 0. The molecule has 1 rings (SSSR count). The molecular formula is C11H15N3O3. The Bertz CT molecular complexity index is 389. The molecule has 1 aromatic heterocycles. The van der Waals surface area contributed by atoms with Crippen molar-refractivity contribution < 1.29 is 14.7 Å². The molecule has 0 atom stereocenters. The molecule has 0 aromatic carbocycles. The van der Waals surface area contributed by atoms with Gasteiger partial charge in [-0.2, -0.15) is 0 Å². The van der Waals surface area contributed by atoms with Gasteiger partial charge in [-0.1, -0.05) is 0 Å². The fourth-order valence-electron chi connectivity index (χ4n) is 1.20. The normalized spacial score (nSPS) is 9.94. The molecule has 92 valence electrons. The Morgan fingerprint density at radius 3 is 2.65 bits per heavy atom. The van der Waals surface area contributed by atoms with Crippen molar-refractivity contribution in [2.75, 3.05) is 6.54 Å². The molecule has 0 aliphatic heterocycles. The summed E-state index contributed by atoms with van der Waals surface area (Å²) in [6, 6.07) is 0. The van der Waals surface area contributed by atoms with E-state index >= 15 is 0 Å². The third kappa shape index (κ3) is 5.05. The van der Waals surface area contributed by atoms with Gasteiger partial charge in [0.2, 0.25) is 0 Å². The second-order valence-electron chi connectivity index (χ2n) is 3.65. The van der Waals surface area contributed by atoms with Crippen LogP contribution in [0.2, 0.25) is 0 Å². The number of carboxylic acids is 1. The molecule has 0 saturated heterocycles. The monoisotopic (exact) mass is 237 g/mol. The van der Waals surface area contributed by atoms with E-state index in [1.165, 1.54) is 12.4 Å². The van der Waals surface area contributed by atoms with Gasteiger partial charge in [-0.3, -0.25) is 14.6 Å². The lowest BCUT2D eigenvalue weighted by molar-refractivity contribution is -0.137. The van der Waals surface area contributed by atoms with Gasteiger partial charge in [0.05, 0.1) is 11.9 Å².